The third-order valence-electron chi connectivity index (χ3n) is 4.68. The van der Waals surface area contributed by atoms with Crippen molar-refractivity contribution in [1.82, 2.24) is 4.98 Å². The van der Waals surface area contributed by atoms with Gasteiger partial charge in [-0.05, 0) is 55.7 Å². The molecule has 1 aromatic heterocycles. The largest absolute Gasteiger partial charge is 0.480 e. The molecule has 2 aromatic carbocycles. The van der Waals surface area contributed by atoms with Crippen LogP contribution in [0.2, 0.25) is 0 Å². The Balaban J connectivity index is 1.71. The number of rotatable bonds is 3. The maximum absolute atomic E-state index is 11.7. The van der Waals surface area contributed by atoms with Crippen LogP contribution in [0.1, 0.15) is 30.4 Å². The van der Waals surface area contributed by atoms with Crippen molar-refractivity contribution in [3.63, 3.8) is 0 Å². The normalized spacial score (nSPS) is 14.9. The van der Waals surface area contributed by atoms with E-state index in [1.807, 2.05) is 54.6 Å². The number of aliphatic carboxylic acids is 1. The molecule has 1 aliphatic rings. The molecule has 128 valence electrons. The van der Waals surface area contributed by atoms with E-state index >= 15 is 0 Å². The lowest BCUT2D eigenvalue weighted by atomic mass is 9.84. The Labute approximate surface area is 156 Å². The van der Waals surface area contributed by atoms with Crippen LogP contribution in [0.5, 0.6) is 0 Å². The summed E-state index contributed by atoms with van der Waals surface area (Å²) in [6.45, 7) is 0. The molecule has 0 amide bonds. The molecule has 3 nitrogen and oxygen atoms in total. The third-order valence-corrected chi connectivity index (χ3v) is 6.23. The van der Waals surface area contributed by atoms with Gasteiger partial charge in [0, 0.05) is 27.6 Å². The van der Waals surface area contributed by atoms with E-state index in [-0.39, 0.29) is 0 Å². The summed E-state index contributed by atoms with van der Waals surface area (Å²) < 4.78 is -0.694. The van der Waals surface area contributed by atoms with E-state index in [1.165, 1.54) is 11.8 Å². The summed E-state index contributed by atoms with van der Waals surface area (Å²) >= 11 is 1.45. The molecule has 4 heteroatoms. The summed E-state index contributed by atoms with van der Waals surface area (Å²) in [6, 6.07) is 17.7. The van der Waals surface area contributed by atoms with Crippen LogP contribution in [0.3, 0.4) is 0 Å². The Morgan fingerprint density at radius 2 is 1.81 bits per heavy atom. The highest BCUT2D eigenvalue weighted by atomic mass is 32.2. The highest BCUT2D eigenvalue weighted by molar-refractivity contribution is 8.01. The van der Waals surface area contributed by atoms with Crippen LogP contribution in [0.15, 0.2) is 65.7 Å². The van der Waals surface area contributed by atoms with Crippen molar-refractivity contribution in [2.75, 3.05) is 0 Å². The molecular formula is C22H17NO2S. The Morgan fingerprint density at radius 1 is 1.04 bits per heavy atom. The number of aromatic nitrogens is 1. The molecule has 0 radical (unpaired) electrons. The van der Waals surface area contributed by atoms with E-state index in [2.05, 4.69) is 16.8 Å². The van der Waals surface area contributed by atoms with Gasteiger partial charge in [-0.1, -0.05) is 30.0 Å². The molecule has 26 heavy (non-hydrogen) atoms. The molecule has 0 unspecified atom stereocenters. The molecule has 1 heterocycles. The monoisotopic (exact) mass is 359 g/mol. The summed E-state index contributed by atoms with van der Waals surface area (Å²) in [7, 11) is 0. The number of fused-ring (bicyclic) bond motifs is 1. The fraction of sp³-hybridized carbons (Fsp3) is 0.182. The van der Waals surface area contributed by atoms with Crippen LogP contribution in [0, 0.1) is 11.8 Å². The van der Waals surface area contributed by atoms with Crippen molar-refractivity contribution in [2.45, 2.75) is 28.9 Å². The van der Waals surface area contributed by atoms with E-state index in [9.17, 15) is 9.90 Å². The van der Waals surface area contributed by atoms with Gasteiger partial charge < -0.3 is 5.11 Å². The lowest BCUT2D eigenvalue weighted by molar-refractivity contribution is -0.142. The first-order valence-electron chi connectivity index (χ1n) is 8.55. The lowest BCUT2D eigenvalue weighted by Crippen LogP contribution is -2.41. The molecule has 0 saturated heterocycles. The van der Waals surface area contributed by atoms with E-state index in [0.717, 1.165) is 33.3 Å². The van der Waals surface area contributed by atoms with Gasteiger partial charge in [0.15, 0.2) is 0 Å². The van der Waals surface area contributed by atoms with Crippen molar-refractivity contribution < 1.29 is 9.90 Å². The molecule has 0 aliphatic heterocycles. The zero-order valence-electron chi connectivity index (χ0n) is 14.1. The molecule has 0 bridgehead atoms. The minimum Gasteiger partial charge on any atom is -0.480 e. The zero-order valence-corrected chi connectivity index (χ0v) is 14.9. The van der Waals surface area contributed by atoms with Gasteiger partial charge in [0.25, 0.3) is 0 Å². The summed E-state index contributed by atoms with van der Waals surface area (Å²) in [5, 5.41) is 10.6. The van der Waals surface area contributed by atoms with Crippen LogP contribution in [-0.2, 0) is 4.79 Å². The van der Waals surface area contributed by atoms with Crippen molar-refractivity contribution >= 4 is 28.6 Å². The molecule has 1 saturated carbocycles. The number of carbonyl (C=O) groups is 1. The van der Waals surface area contributed by atoms with Gasteiger partial charge in [-0.25, -0.2) is 0 Å². The number of hydrogen-bond donors (Lipinski definition) is 1. The van der Waals surface area contributed by atoms with Gasteiger partial charge in [-0.3, -0.25) is 9.78 Å². The third kappa shape index (κ3) is 3.18. The second kappa shape index (κ2) is 6.86. The number of carboxylic acids is 1. The van der Waals surface area contributed by atoms with Crippen molar-refractivity contribution in [3.05, 3.63) is 71.9 Å². The van der Waals surface area contributed by atoms with Crippen LogP contribution < -0.4 is 0 Å². The van der Waals surface area contributed by atoms with Crippen LogP contribution in [-0.4, -0.2) is 20.8 Å². The topological polar surface area (TPSA) is 50.2 Å². The fourth-order valence-electron chi connectivity index (χ4n) is 3.02. The number of hydrogen-bond acceptors (Lipinski definition) is 3. The molecular weight excluding hydrogens is 342 g/mol. The van der Waals surface area contributed by atoms with Crippen LogP contribution in [0.25, 0.3) is 10.9 Å². The van der Waals surface area contributed by atoms with Gasteiger partial charge in [0.2, 0.25) is 0 Å². The fourth-order valence-corrected chi connectivity index (χ4v) is 4.42. The second-order valence-corrected chi connectivity index (χ2v) is 7.84. The SMILES string of the molecule is O=C(O)C1(Sc2ccnc3ccc(C#Cc4ccccc4)cc23)CCC1. The van der Waals surface area contributed by atoms with E-state index < -0.39 is 10.7 Å². The average Bonchev–Trinajstić information content (AvgIpc) is 2.63. The first-order valence-corrected chi connectivity index (χ1v) is 9.36. The van der Waals surface area contributed by atoms with Gasteiger partial charge in [-0.2, -0.15) is 0 Å². The first-order chi connectivity index (χ1) is 12.7. The minimum absolute atomic E-state index is 0.694. The highest BCUT2D eigenvalue weighted by Crippen LogP contribution is 2.49. The maximum Gasteiger partial charge on any atom is 0.320 e. The standard InChI is InChI=1S/C22H17NO2S/c24-21(25)22(12-4-13-22)26-20-11-14-23-19-10-9-17(15-18(19)20)8-7-16-5-2-1-3-6-16/h1-3,5-6,9-11,14-15H,4,12-13H2,(H,24,25). The number of nitrogens with zero attached hydrogens (tertiary/aromatic N) is 1. The van der Waals surface area contributed by atoms with E-state index in [4.69, 9.17) is 0 Å². The second-order valence-electron chi connectivity index (χ2n) is 6.41. The average molecular weight is 359 g/mol. The number of benzene rings is 2. The lowest BCUT2D eigenvalue weighted by Gasteiger charge is -2.37. The van der Waals surface area contributed by atoms with Gasteiger partial charge in [-0.15, -0.1) is 11.8 Å². The molecule has 4 rings (SSSR count). The predicted octanol–water partition coefficient (Wildman–Crippen LogP) is 4.73. The Morgan fingerprint density at radius 3 is 2.50 bits per heavy atom. The number of thioether (sulfide) groups is 1. The Hall–Kier alpha value is -2.77. The molecule has 3 aromatic rings. The Bertz CT molecular complexity index is 1030. The summed E-state index contributed by atoms with van der Waals surface area (Å²) in [4.78, 5) is 17.1. The number of carboxylic acid groups (broad SMARTS) is 1. The highest BCUT2D eigenvalue weighted by Gasteiger charge is 2.45. The van der Waals surface area contributed by atoms with Crippen LogP contribution >= 0.6 is 11.8 Å². The number of pyridine rings is 1. The first kappa shape index (κ1) is 16.7. The van der Waals surface area contributed by atoms with E-state index in [1.54, 1.807) is 6.20 Å². The molecule has 0 spiro atoms. The van der Waals surface area contributed by atoms with Crippen molar-refractivity contribution in [1.29, 1.82) is 0 Å². The summed E-state index contributed by atoms with van der Waals surface area (Å²) in [5.74, 6) is 5.63. The van der Waals surface area contributed by atoms with Gasteiger partial charge >= 0.3 is 5.97 Å². The van der Waals surface area contributed by atoms with Crippen molar-refractivity contribution in [3.8, 4) is 11.8 Å². The van der Waals surface area contributed by atoms with Gasteiger partial charge in [0.05, 0.1) is 5.52 Å². The summed E-state index contributed by atoms with van der Waals surface area (Å²) in [5.41, 5.74) is 2.72. The maximum atomic E-state index is 11.7. The Kier molecular flexibility index (Phi) is 4.40. The quantitative estimate of drug-likeness (QED) is 0.687. The molecule has 1 fully saturated rings. The van der Waals surface area contributed by atoms with Crippen LogP contribution in [0.4, 0.5) is 0 Å². The molecule has 1 aliphatic carbocycles. The predicted molar refractivity (Wildman–Crippen MR) is 104 cm³/mol. The zero-order chi connectivity index (χ0) is 18.0. The molecule has 0 atom stereocenters. The van der Waals surface area contributed by atoms with E-state index in [0.29, 0.717) is 12.8 Å². The molecule has 1 N–H and O–H groups in total. The summed E-state index contributed by atoms with van der Waals surface area (Å²) in [6.07, 6.45) is 4.14. The van der Waals surface area contributed by atoms with Crippen molar-refractivity contribution in [2.24, 2.45) is 0 Å². The smallest absolute Gasteiger partial charge is 0.320 e. The van der Waals surface area contributed by atoms with Gasteiger partial charge in [0.1, 0.15) is 4.75 Å². The minimum atomic E-state index is -0.723.